The SMILES string of the molecule is COc1cc(N2C(=O)CN(c3ccc(F)c(F)c3)C2=O)nc2ccc(F)cc12. The number of halogens is 3. The highest BCUT2D eigenvalue weighted by Gasteiger charge is 2.39. The predicted molar refractivity (Wildman–Crippen MR) is 94.8 cm³/mol. The van der Waals surface area contributed by atoms with Crippen molar-refractivity contribution in [3.8, 4) is 5.75 Å². The molecular formula is C19H12F3N3O3. The molecule has 0 aliphatic carbocycles. The number of fused-ring (bicyclic) bond motifs is 1. The molecule has 2 heterocycles. The molecule has 1 saturated heterocycles. The van der Waals surface area contributed by atoms with Gasteiger partial charge in [-0.15, -0.1) is 0 Å². The van der Waals surface area contributed by atoms with E-state index < -0.39 is 29.4 Å². The molecule has 0 spiro atoms. The minimum absolute atomic E-state index is 0.0176. The van der Waals surface area contributed by atoms with Gasteiger partial charge in [-0.05, 0) is 30.3 Å². The number of benzene rings is 2. The molecule has 28 heavy (non-hydrogen) atoms. The third-order valence-electron chi connectivity index (χ3n) is 4.35. The van der Waals surface area contributed by atoms with E-state index >= 15 is 0 Å². The van der Waals surface area contributed by atoms with E-state index in [4.69, 9.17) is 4.74 Å². The number of methoxy groups -OCH3 is 1. The number of hydrogen-bond donors (Lipinski definition) is 0. The first-order valence-corrected chi connectivity index (χ1v) is 8.13. The molecule has 1 aliphatic rings. The van der Waals surface area contributed by atoms with Gasteiger partial charge in [0.15, 0.2) is 11.6 Å². The maximum Gasteiger partial charge on any atom is 0.337 e. The molecule has 0 saturated carbocycles. The van der Waals surface area contributed by atoms with Crippen molar-refractivity contribution in [3.63, 3.8) is 0 Å². The van der Waals surface area contributed by atoms with E-state index in [1.807, 2.05) is 0 Å². The Bertz CT molecular complexity index is 1140. The van der Waals surface area contributed by atoms with Gasteiger partial charge >= 0.3 is 6.03 Å². The van der Waals surface area contributed by atoms with Crippen molar-refractivity contribution < 1.29 is 27.5 Å². The number of carbonyl (C=O) groups excluding carboxylic acids is 2. The maximum absolute atomic E-state index is 13.5. The largest absolute Gasteiger partial charge is 0.496 e. The lowest BCUT2D eigenvalue weighted by Crippen LogP contribution is -2.33. The maximum atomic E-state index is 13.5. The van der Waals surface area contributed by atoms with Gasteiger partial charge in [0, 0.05) is 23.2 Å². The average Bonchev–Trinajstić information content (AvgIpc) is 2.97. The standard InChI is InChI=1S/C19H12F3N3O3/c1-28-16-8-17(23-15-5-2-10(20)6-12(15)16)25-18(26)9-24(19(25)27)11-3-4-13(21)14(22)7-11/h2-8H,9H2,1H3. The summed E-state index contributed by atoms with van der Waals surface area (Å²) < 4.78 is 45.4. The highest BCUT2D eigenvalue weighted by Crippen LogP contribution is 2.32. The number of imide groups is 1. The highest BCUT2D eigenvalue weighted by atomic mass is 19.2. The number of rotatable bonds is 3. The Hall–Kier alpha value is -3.62. The molecule has 1 aromatic heterocycles. The molecule has 3 amide bonds. The number of hydrogen-bond acceptors (Lipinski definition) is 4. The number of nitrogens with zero attached hydrogens (tertiary/aromatic N) is 3. The highest BCUT2D eigenvalue weighted by molar-refractivity contribution is 6.26. The number of ether oxygens (including phenoxy) is 1. The Labute approximate surface area is 156 Å². The third-order valence-corrected chi connectivity index (χ3v) is 4.35. The molecule has 4 rings (SSSR count). The number of carbonyl (C=O) groups is 2. The first kappa shape index (κ1) is 17.8. The van der Waals surface area contributed by atoms with E-state index in [0.717, 1.165) is 21.9 Å². The Morgan fingerprint density at radius 1 is 1.00 bits per heavy atom. The molecule has 0 N–H and O–H groups in total. The van der Waals surface area contributed by atoms with Gasteiger partial charge in [0.2, 0.25) is 0 Å². The topological polar surface area (TPSA) is 62.7 Å². The van der Waals surface area contributed by atoms with E-state index in [-0.39, 0.29) is 23.8 Å². The van der Waals surface area contributed by atoms with Crippen molar-refractivity contribution in [3.05, 3.63) is 59.9 Å². The summed E-state index contributed by atoms with van der Waals surface area (Å²) in [6.45, 7) is -0.366. The van der Waals surface area contributed by atoms with Crippen LogP contribution in [0.4, 0.5) is 29.5 Å². The molecule has 9 heteroatoms. The fourth-order valence-corrected chi connectivity index (χ4v) is 3.02. The quantitative estimate of drug-likeness (QED) is 0.644. The van der Waals surface area contributed by atoms with Crippen molar-refractivity contribution in [1.82, 2.24) is 4.98 Å². The van der Waals surface area contributed by atoms with Crippen LogP contribution in [-0.2, 0) is 4.79 Å². The average molecular weight is 387 g/mol. The minimum Gasteiger partial charge on any atom is -0.496 e. The molecular weight excluding hydrogens is 375 g/mol. The minimum atomic E-state index is -1.14. The summed E-state index contributed by atoms with van der Waals surface area (Å²) in [7, 11) is 1.37. The van der Waals surface area contributed by atoms with Crippen LogP contribution in [0.3, 0.4) is 0 Å². The van der Waals surface area contributed by atoms with Crippen LogP contribution >= 0.6 is 0 Å². The van der Waals surface area contributed by atoms with Crippen LogP contribution in [0.15, 0.2) is 42.5 Å². The fourth-order valence-electron chi connectivity index (χ4n) is 3.02. The van der Waals surface area contributed by atoms with Crippen LogP contribution in [0.5, 0.6) is 5.75 Å². The molecule has 0 unspecified atom stereocenters. The molecule has 6 nitrogen and oxygen atoms in total. The second-order valence-corrected chi connectivity index (χ2v) is 6.04. The summed E-state index contributed by atoms with van der Waals surface area (Å²) >= 11 is 0. The van der Waals surface area contributed by atoms with E-state index in [2.05, 4.69) is 4.98 Å². The van der Waals surface area contributed by atoms with E-state index in [9.17, 15) is 22.8 Å². The number of pyridine rings is 1. The van der Waals surface area contributed by atoms with Crippen molar-refractivity contribution in [2.75, 3.05) is 23.5 Å². The summed E-state index contributed by atoms with van der Waals surface area (Å²) in [4.78, 5) is 31.3. The normalized spacial score (nSPS) is 14.3. The van der Waals surface area contributed by atoms with E-state index in [0.29, 0.717) is 10.9 Å². The van der Waals surface area contributed by atoms with Gasteiger partial charge < -0.3 is 4.74 Å². The first-order valence-electron chi connectivity index (χ1n) is 8.13. The molecule has 3 aromatic rings. The summed E-state index contributed by atoms with van der Waals surface area (Å²) in [5, 5.41) is 0.378. The van der Waals surface area contributed by atoms with Crippen molar-refractivity contribution in [2.24, 2.45) is 0 Å². The molecule has 142 valence electrons. The lowest BCUT2D eigenvalue weighted by molar-refractivity contribution is -0.115. The van der Waals surface area contributed by atoms with Crippen LogP contribution in [0.25, 0.3) is 10.9 Å². The second kappa shape index (κ2) is 6.52. The summed E-state index contributed by atoms with van der Waals surface area (Å²) in [5.41, 5.74) is 0.359. The zero-order valence-corrected chi connectivity index (χ0v) is 14.4. The van der Waals surface area contributed by atoms with Crippen LogP contribution in [0, 0.1) is 17.5 Å². The van der Waals surface area contributed by atoms with Gasteiger partial charge in [0.25, 0.3) is 5.91 Å². The Morgan fingerprint density at radius 3 is 2.50 bits per heavy atom. The zero-order chi connectivity index (χ0) is 20.0. The van der Waals surface area contributed by atoms with Crippen molar-refractivity contribution in [1.29, 1.82) is 0 Å². The van der Waals surface area contributed by atoms with Crippen LogP contribution < -0.4 is 14.5 Å². The van der Waals surface area contributed by atoms with Crippen LogP contribution in [0.1, 0.15) is 0 Å². The van der Waals surface area contributed by atoms with Gasteiger partial charge in [-0.25, -0.2) is 27.8 Å². The van der Waals surface area contributed by atoms with Gasteiger partial charge in [0.1, 0.15) is 23.9 Å². The molecule has 0 bridgehead atoms. The Balaban J connectivity index is 1.77. The summed E-state index contributed by atoms with van der Waals surface area (Å²) in [5.74, 6) is -3.08. The molecule has 0 atom stereocenters. The number of anilines is 2. The number of urea groups is 1. The molecule has 1 fully saturated rings. The Morgan fingerprint density at radius 2 is 1.79 bits per heavy atom. The molecule has 2 aromatic carbocycles. The van der Waals surface area contributed by atoms with Gasteiger partial charge in [-0.1, -0.05) is 0 Å². The molecule has 1 aliphatic heterocycles. The molecule has 0 radical (unpaired) electrons. The smallest absolute Gasteiger partial charge is 0.337 e. The van der Waals surface area contributed by atoms with Crippen molar-refractivity contribution in [2.45, 2.75) is 0 Å². The third kappa shape index (κ3) is 2.81. The van der Waals surface area contributed by atoms with Crippen LogP contribution in [0.2, 0.25) is 0 Å². The lowest BCUT2D eigenvalue weighted by atomic mass is 10.2. The Kier molecular flexibility index (Phi) is 4.14. The zero-order valence-electron chi connectivity index (χ0n) is 14.4. The lowest BCUT2D eigenvalue weighted by Gasteiger charge is -2.18. The van der Waals surface area contributed by atoms with Crippen molar-refractivity contribution >= 4 is 34.3 Å². The van der Waals surface area contributed by atoms with E-state index in [1.165, 1.54) is 37.4 Å². The first-order chi connectivity index (χ1) is 13.4. The summed E-state index contributed by atoms with van der Waals surface area (Å²) in [6.07, 6.45) is 0. The van der Waals surface area contributed by atoms with Crippen LogP contribution in [-0.4, -0.2) is 30.6 Å². The van der Waals surface area contributed by atoms with Gasteiger partial charge in [-0.2, -0.15) is 0 Å². The monoisotopic (exact) mass is 387 g/mol. The van der Waals surface area contributed by atoms with Gasteiger partial charge in [-0.3, -0.25) is 9.69 Å². The second-order valence-electron chi connectivity index (χ2n) is 6.04. The number of amides is 3. The number of aromatic nitrogens is 1. The van der Waals surface area contributed by atoms with Gasteiger partial charge in [0.05, 0.1) is 12.6 Å². The summed E-state index contributed by atoms with van der Waals surface area (Å²) in [6, 6.07) is 7.29. The van der Waals surface area contributed by atoms with E-state index in [1.54, 1.807) is 0 Å². The predicted octanol–water partition coefficient (Wildman–Crippen LogP) is 3.63. The fraction of sp³-hybridized carbons (Fsp3) is 0.105.